The molecule has 0 radical (unpaired) electrons. The van der Waals surface area contributed by atoms with Crippen LogP contribution in [0.3, 0.4) is 0 Å². The normalized spacial score (nSPS) is 11.1. The van der Waals surface area contributed by atoms with Crippen LogP contribution in [0.2, 0.25) is 5.15 Å². The molecule has 0 aliphatic rings. The van der Waals surface area contributed by atoms with Crippen LogP contribution in [-0.4, -0.2) is 4.98 Å². The number of fused-ring (bicyclic) bond motifs is 1. The molecule has 3 rings (SSSR count). The largest absolute Gasteiger partial charge is 0.243 e. The summed E-state index contributed by atoms with van der Waals surface area (Å²) in [5.74, 6) is -0.186. The Morgan fingerprint density at radius 2 is 2.11 bits per heavy atom. The Bertz CT molecular complexity index is 736. The van der Waals surface area contributed by atoms with Gasteiger partial charge < -0.3 is 0 Å². The summed E-state index contributed by atoms with van der Waals surface area (Å²) in [5.41, 5.74) is 1.57. The molecule has 3 aromatic rings. The molecule has 0 unspecified atom stereocenters. The molecule has 18 heavy (non-hydrogen) atoms. The summed E-state index contributed by atoms with van der Waals surface area (Å²) in [4.78, 5) is 5.07. The van der Waals surface area contributed by atoms with Crippen molar-refractivity contribution >= 4 is 33.0 Å². The third-order valence-electron chi connectivity index (χ3n) is 2.92. The molecule has 4 heteroatoms. The third kappa shape index (κ3) is 1.80. The van der Waals surface area contributed by atoms with Gasteiger partial charge in [0.25, 0.3) is 0 Å². The summed E-state index contributed by atoms with van der Waals surface area (Å²) in [6.07, 6.45) is 1.68. The molecule has 0 spiro atoms. The molecular weight excluding hydrogens is 269 g/mol. The van der Waals surface area contributed by atoms with Gasteiger partial charge in [-0.05, 0) is 41.6 Å². The maximum Gasteiger partial charge on any atom is 0.146 e. The first-order valence-electron chi connectivity index (χ1n) is 5.46. The molecule has 0 saturated heterocycles. The second kappa shape index (κ2) is 4.34. The van der Waals surface area contributed by atoms with E-state index in [0.717, 1.165) is 20.5 Å². The summed E-state index contributed by atoms with van der Waals surface area (Å²) < 4.78 is 14.5. The van der Waals surface area contributed by atoms with E-state index in [1.54, 1.807) is 19.2 Å². The second-order valence-electron chi connectivity index (χ2n) is 4.04. The van der Waals surface area contributed by atoms with Crippen molar-refractivity contribution in [2.24, 2.45) is 0 Å². The average Bonchev–Trinajstić information content (AvgIpc) is 2.78. The Kier molecular flexibility index (Phi) is 2.80. The molecule has 0 atom stereocenters. The van der Waals surface area contributed by atoms with Gasteiger partial charge in [0.1, 0.15) is 11.0 Å². The smallest absolute Gasteiger partial charge is 0.146 e. The van der Waals surface area contributed by atoms with Gasteiger partial charge in [-0.15, -0.1) is 11.3 Å². The molecule has 0 bridgehead atoms. The van der Waals surface area contributed by atoms with Crippen LogP contribution in [0.15, 0.2) is 36.5 Å². The Hall–Kier alpha value is -1.45. The van der Waals surface area contributed by atoms with Crippen LogP contribution in [0.5, 0.6) is 0 Å². The van der Waals surface area contributed by atoms with Crippen molar-refractivity contribution < 1.29 is 4.39 Å². The van der Waals surface area contributed by atoms with E-state index >= 15 is 0 Å². The van der Waals surface area contributed by atoms with Crippen molar-refractivity contribution in [3.8, 4) is 10.4 Å². The number of aromatic nitrogens is 1. The summed E-state index contributed by atoms with van der Waals surface area (Å²) >= 11 is 7.59. The predicted molar refractivity (Wildman–Crippen MR) is 74.8 cm³/mol. The van der Waals surface area contributed by atoms with E-state index in [1.807, 2.05) is 18.2 Å². The molecule has 2 heterocycles. The first-order valence-corrected chi connectivity index (χ1v) is 6.66. The highest BCUT2D eigenvalue weighted by Crippen LogP contribution is 2.37. The molecule has 0 amide bonds. The Morgan fingerprint density at radius 1 is 1.28 bits per heavy atom. The van der Waals surface area contributed by atoms with E-state index in [1.165, 1.54) is 17.4 Å². The number of rotatable bonds is 1. The lowest BCUT2D eigenvalue weighted by Crippen LogP contribution is -1.84. The average molecular weight is 278 g/mol. The lowest BCUT2D eigenvalue weighted by atomic mass is 10.1. The van der Waals surface area contributed by atoms with Gasteiger partial charge in [0, 0.05) is 11.1 Å². The van der Waals surface area contributed by atoms with Crippen molar-refractivity contribution in [1.29, 1.82) is 0 Å². The number of hydrogen-bond acceptors (Lipinski definition) is 2. The lowest BCUT2D eigenvalue weighted by Gasteiger charge is -2.03. The van der Waals surface area contributed by atoms with Crippen molar-refractivity contribution in [3.63, 3.8) is 0 Å². The van der Waals surface area contributed by atoms with Crippen molar-refractivity contribution in [2.75, 3.05) is 0 Å². The summed E-state index contributed by atoms with van der Waals surface area (Å²) in [5, 5.41) is 1.54. The molecule has 1 aromatic carbocycles. The minimum atomic E-state index is -0.186. The molecule has 0 fully saturated rings. The quantitative estimate of drug-likeness (QED) is 0.566. The Morgan fingerprint density at radius 3 is 2.89 bits per heavy atom. The molecule has 1 nitrogen and oxygen atoms in total. The summed E-state index contributed by atoms with van der Waals surface area (Å²) in [6.45, 7) is 1.79. The van der Waals surface area contributed by atoms with Crippen LogP contribution < -0.4 is 0 Å². The van der Waals surface area contributed by atoms with E-state index in [0.29, 0.717) is 10.7 Å². The van der Waals surface area contributed by atoms with Gasteiger partial charge in [-0.3, -0.25) is 0 Å². The Balaban J connectivity index is 2.26. The van der Waals surface area contributed by atoms with E-state index in [2.05, 4.69) is 4.98 Å². The van der Waals surface area contributed by atoms with Gasteiger partial charge >= 0.3 is 0 Å². The van der Waals surface area contributed by atoms with Gasteiger partial charge in [0.2, 0.25) is 0 Å². The van der Waals surface area contributed by atoms with E-state index in [-0.39, 0.29) is 5.82 Å². The fraction of sp³-hybridized carbons (Fsp3) is 0.0714. The summed E-state index contributed by atoms with van der Waals surface area (Å²) in [6, 6.07) is 9.05. The molecule has 0 aliphatic carbocycles. The summed E-state index contributed by atoms with van der Waals surface area (Å²) in [7, 11) is 0. The maximum atomic E-state index is 13.6. The van der Waals surface area contributed by atoms with Crippen LogP contribution in [0.4, 0.5) is 4.39 Å². The van der Waals surface area contributed by atoms with Crippen LogP contribution in [0.1, 0.15) is 5.56 Å². The molecule has 90 valence electrons. The van der Waals surface area contributed by atoms with Crippen molar-refractivity contribution in [2.45, 2.75) is 6.92 Å². The number of thiophene rings is 1. The third-order valence-corrected chi connectivity index (χ3v) is 4.51. The maximum absolute atomic E-state index is 13.6. The second-order valence-corrected chi connectivity index (χ2v) is 5.45. The van der Waals surface area contributed by atoms with Crippen molar-refractivity contribution in [3.05, 3.63) is 53.1 Å². The van der Waals surface area contributed by atoms with Crippen LogP contribution in [0.25, 0.3) is 20.5 Å². The monoisotopic (exact) mass is 277 g/mol. The molecule has 0 saturated carbocycles. The fourth-order valence-corrected chi connectivity index (χ4v) is 3.34. The first-order chi connectivity index (χ1) is 8.66. The van der Waals surface area contributed by atoms with Gasteiger partial charge in [-0.1, -0.05) is 23.7 Å². The van der Waals surface area contributed by atoms with Crippen LogP contribution in [-0.2, 0) is 0 Å². The van der Waals surface area contributed by atoms with E-state index < -0.39 is 0 Å². The number of halogens is 2. The fourth-order valence-electron chi connectivity index (χ4n) is 1.94. The number of nitrogens with zero attached hydrogens (tertiary/aromatic N) is 1. The SMILES string of the molecule is Cc1c(F)cccc1-c1cc2ccnc(Cl)c2s1. The standard InChI is InChI=1S/C14H9ClFNS/c1-8-10(3-2-4-11(8)16)12-7-9-5-6-17-14(15)13(9)18-12/h2-7H,1H3. The van der Waals surface area contributed by atoms with Gasteiger partial charge in [-0.2, -0.15) is 0 Å². The zero-order chi connectivity index (χ0) is 12.7. The van der Waals surface area contributed by atoms with Crippen LogP contribution in [0, 0.1) is 12.7 Å². The molecule has 0 N–H and O–H groups in total. The molecular formula is C14H9ClFNS. The van der Waals surface area contributed by atoms with Crippen LogP contribution >= 0.6 is 22.9 Å². The minimum absolute atomic E-state index is 0.186. The highest BCUT2D eigenvalue weighted by atomic mass is 35.5. The number of benzene rings is 1. The van der Waals surface area contributed by atoms with E-state index in [4.69, 9.17) is 11.6 Å². The van der Waals surface area contributed by atoms with Gasteiger partial charge in [0.15, 0.2) is 0 Å². The Labute approximate surface area is 113 Å². The number of pyridine rings is 1. The highest BCUT2D eigenvalue weighted by Gasteiger charge is 2.11. The van der Waals surface area contributed by atoms with Gasteiger partial charge in [0.05, 0.1) is 4.70 Å². The minimum Gasteiger partial charge on any atom is -0.243 e. The zero-order valence-electron chi connectivity index (χ0n) is 9.58. The van der Waals surface area contributed by atoms with E-state index in [9.17, 15) is 4.39 Å². The highest BCUT2D eigenvalue weighted by molar-refractivity contribution is 7.22. The first kappa shape index (κ1) is 11.6. The lowest BCUT2D eigenvalue weighted by molar-refractivity contribution is 0.619. The topological polar surface area (TPSA) is 12.9 Å². The molecule has 0 aliphatic heterocycles. The van der Waals surface area contributed by atoms with Crippen molar-refractivity contribution in [1.82, 2.24) is 4.98 Å². The van der Waals surface area contributed by atoms with Gasteiger partial charge in [-0.25, -0.2) is 9.37 Å². The zero-order valence-corrected chi connectivity index (χ0v) is 11.1. The number of hydrogen-bond donors (Lipinski definition) is 0. The molecule has 2 aromatic heterocycles. The predicted octanol–water partition coefficient (Wildman–Crippen LogP) is 5.06.